The quantitative estimate of drug-likeness (QED) is 0.808. The first kappa shape index (κ1) is 18.5. The van der Waals surface area contributed by atoms with Gasteiger partial charge in [-0.15, -0.1) is 0 Å². The smallest absolute Gasteiger partial charge is 0.227 e. The Labute approximate surface area is 166 Å². The molecule has 0 aliphatic carbocycles. The van der Waals surface area contributed by atoms with Gasteiger partial charge in [-0.1, -0.05) is 12.1 Å². The molecule has 2 fully saturated rings. The van der Waals surface area contributed by atoms with Crippen LogP contribution < -0.4 is 14.7 Å². The summed E-state index contributed by atoms with van der Waals surface area (Å²) in [5.74, 6) is 1.71. The fourth-order valence-electron chi connectivity index (χ4n) is 3.97. The van der Waals surface area contributed by atoms with Crippen LogP contribution in [0.25, 0.3) is 0 Å². The van der Waals surface area contributed by atoms with Gasteiger partial charge in [-0.3, -0.25) is 0 Å². The topological polar surface area (TPSA) is 68.5 Å². The van der Waals surface area contributed by atoms with Crippen molar-refractivity contribution in [1.29, 1.82) is 5.26 Å². The third kappa shape index (κ3) is 3.87. The van der Waals surface area contributed by atoms with E-state index in [4.69, 9.17) is 9.72 Å². The molecule has 2 saturated heterocycles. The molecule has 1 aromatic heterocycles. The molecule has 0 bridgehead atoms. The lowest BCUT2D eigenvalue weighted by molar-refractivity contribution is 0.122. The Hall–Kier alpha value is -2.85. The average molecular weight is 378 g/mol. The number of hydrogen-bond acceptors (Lipinski definition) is 7. The van der Waals surface area contributed by atoms with E-state index in [2.05, 4.69) is 32.8 Å². The van der Waals surface area contributed by atoms with E-state index in [0.29, 0.717) is 6.04 Å². The van der Waals surface area contributed by atoms with Crippen molar-refractivity contribution in [3.05, 3.63) is 42.1 Å². The summed E-state index contributed by atoms with van der Waals surface area (Å²) in [6.45, 7) is 4.96. The lowest BCUT2D eigenvalue weighted by atomic mass is 10.0. The third-order valence-corrected chi connectivity index (χ3v) is 5.59. The number of benzene rings is 1. The molecule has 0 N–H and O–H groups in total. The lowest BCUT2D eigenvalue weighted by Gasteiger charge is -2.39. The molecule has 7 heteroatoms. The van der Waals surface area contributed by atoms with Crippen molar-refractivity contribution in [2.45, 2.75) is 18.9 Å². The first-order valence-electron chi connectivity index (χ1n) is 9.89. The molecule has 2 aromatic rings. The van der Waals surface area contributed by atoms with Crippen LogP contribution in [0.5, 0.6) is 0 Å². The Balaban J connectivity index is 1.50. The lowest BCUT2D eigenvalue weighted by Crippen LogP contribution is -2.47. The number of para-hydroxylation sites is 1. The highest BCUT2D eigenvalue weighted by molar-refractivity contribution is 5.60. The van der Waals surface area contributed by atoms with Gasteiger partial charge in [0, 0.05) is 45.5 Å². The summed E-state index contributed by atoms with van der Waals surface area (Å²) in [6, 6.07) is 12.5. The molecule has 2 aliphatic heterocycles. The van der Waals surface area contributed by atoms with Gasteiger partial charge in [-0.05, 0) is 31.0 Å². The van der Waals surface area contributed by atoms with Crippen LogP contribution in [-0.4, -0.2) is 62.5 Å². The SMILES string of the molecule is CN(c1ccnc(N2CCOCC2)n1)C1CCCN(c2ccccc2C#N)C1. The molecular formula is C21H26N6O. The third-order valence-electron chi connectivity index (χ3n) is 5.59. The van der Waals surface area contributed by atoms with Crippen molar-refractivity contribution in [3.8, 4) is 6.07 Å². The van der Waals surface area contributed by atoms with Crippen LogP contribution in [-0.2, 0) is 4.74 Å². The van der Waals surface area contributed by atoms with Gasteiger partial charge >= 0.3 is 0 Å². The fourth-order valence-corrected chi connectivity index (χ4v) is 3.97. The summed E-state index contributed by atoms with van der Waals surface area (Å²) in [6.07, 6.45) is 4.05. The Bertz CT molecular complexity index is 845. The molecule has 7 nitrogen and oxygen atoms in total. The van der Waals surface area contributed by atoms with E-state index in [0.717, 1.165) is 75.3 Å². The van der Waals surface area contributed by atoms with Gasteiger partial charge in [0.05, 0.1) is 24.5 Å². The van der Waals surface area contributed by atoms with Crippen molar-refractivity contribution >= 4 is 17.5 Å². The average Bonchev–Trinajstić information content (AvgIpc) is 2.79. The number of anilines is 3. The molecule has 1 unspecified atom stereocenters. The van der Waals surface area contributed by atoms with Crippen LogP contribution in [0.2, 0.25) is 0 Å². The minimum absolute atomic E-state index is 0.341. The minimum atomic E-state index is 0.341. The second-order valence-corrected chi connectivity index (χ2v) is 7.30. The van der Waals surface area contributed by atoms with Crippen LogP contribution in [0.4, 0.5) is 17.5 Å². The first-order valence-corrected chi connectivity index (χ1v) is 9.89. The van der Waals surface area contributed by atoms with E-state index in [-0.39, 0.29) is 0 Å². The minimum Gasteiger partial charge on any atom is -0.378 e. The van der Waals surface area contributed by atoms with E-state index < -0.39 is 0 Å². The fraction of sp³-hybridized carbons (Fsp3) is 0.476. The van der Waals surface area contributed by atoms with Gasteiger partial charge in [-0.25, -0.2) is 4.98 Å². The van der Waals surface area contributed by atoms with E-state index >= 15 is 0 Å². The highest BCUT2D eigenvalue weighted by Crippen LogP contribution is 2.27. The molecule has 0 spiro atoms. The Morgan fingerprint density at radius 2 is 1.96 bits per heavy atom. The number of rotatable bonds is 4. The molecule has 1 aromatic carbocycles. The van der Waals surface area contributed by atoms with E-state index in [9.17, 15) is 5.26 Å². The monoisotopic (exact) mass is 378 g/mol. The van der Waals surface area contributed by atoms with Crippen LogP contribution in [0.3, 0.4) is 0 Å². The number of nitrogens with zero attached hydrogens (tertiary/aromatic N) is 6. The van der Waals surface area contributed by atoms with Crippen molar-refractivity contribution in [3.63, 3.8) is 0 Å². The molecule has 0 radical (unpaired) electrons. The van der Waals surface area contributed by atoms with Crippen molar-refractivity contribution < 1.29 is 4.74 Å². The second kappa shape index (κ2) is 8.44. The van der Waals surface area contributed by atoms with E-state index in [1.165, 1.54) is 0 Å². The van der Waals surface area contributed by atoms with E-state index in [1.807, 2.05) is 36.5 Å². The maximum Gasteiger partial charge on any atom is 0.227 e. The number of ether oxygens (including phenoxy) is 1. The summed E-state index contributed by atoms with van der Waals surface area (Å²) in [4.78, 5) is 16.0. The maximum absolute atomic E-state index is 9.44. The summed E-state index contributed by atoms with van der Waals surface area (Å²) in [5.41, 5.74) is 1.77. The summed E-state index contributed by atoms with van der Waals surface area (Å²) in [5, 5.41) is 9.44. The van der Waals surface area contributed by atoms with Crippen LogP contribution in [0, 0.1) is 11.3 Å². The molecule has 146 valence electrons. The molecular weight excluding hydrogens is 352 g/mol. The molecule has 0 saturated carbocycles. The Morgan fingerprint density at radius 3 is 2.79 bits per heavy atom. The number of hydrogen-bond donors (Lipinski definition) is 0. The van der Waals surface area contributed by atoms with Gasteiger partial charge in [0.15, 0.2) is 0 Å². The zero-order valence-electron chi connectivity index (χ0n) is 16.3. The standard InChI is InChI=1S/C21H26N6O/c1-25(20-8-9-23-21(24-20)26-11-13-28-14-12-26)18-6-4-10-27(16-18)19-7-3-2-5-17(19)15-22/h2-3,5,7-9,18H,4,6,10-14,16H2,1H3. The van der Waals surface area contributed by atoms with Crippen molar-refractivity contribution in [2.24, 2.45) is 0 Å². The number of aromatic nitrogens is 2. The highest BCUT2D eigenvalue weighted by atomic mass is 16.5. The predicted molar refractivity (Wildman–Crippen MR) is 110 cm³/mol. The maximum atomic E-state index is 9.44. The molecule has 3 heterocycles. The summed E-state index contributed by atoms with van der Waals surface area (Å²) >= 11 is 0. The van der Waals surface area contributed by atoms with Crippen molar-refractivity contribution in [2.75, 3.05) is 61.1 Å². The van der Waals surface area contributed by atoms with Gasteiger partial charge in [0.1, 0.15) is 11.9 Å². The Morgan fingerprint density at radius 1 is 1.14 bits per heavy atom. The molecule has 1 atom stereocenters. The molecule has 0 amide bonds. The Kier molecular flexibility index (Phi) is 5.58. The number of piperidine rings is 1. The van der Waals surface area contributed by atoms with Gasteiger partial charge in [0.25, 0.3) is 0 Å². The van der Waals surface area contributed by atoms with Gasteiger partial charge in [-0.2, -0.15) is 10.2 Å². The number of morpholine rings is 1. The molecule has 28 heavy (non-hydrogen) atoms. The van der Waals surface area contributed by atoms with Gasteiger partial charge < -0.3 is 19.4 Å². The van der Waals surface area contributed by atoms with Crippen LogP contribution in [0.15, 0.2) is 36.5 Å². The molecule has 2 aliphatic rings. The highest BCUT2D eigenvalue weighted by Gasteiger charge is 2.26. The van der Waals surface area contributed by atoms with E-state index in [1.54, 1.807) is 0 Å². The summed E-state index contributed by atoms with van der Waals surface area (Å²) < 4.78 is 5.43. The van der Waals surface area contributed by atoms with Gasteiger partial charge in [0.2, 0.25) is 5.95 Å². The predicted octanol–water partition coefficient (Wildman–Crippen LogP) is 2.29. The van der Waals surface area contributed by atoms with Crippen LogP contribution in [0.1, 0.15) is 18.4 Å². The zero-order valence-corrected chi connectivity index (χ0v) is 16.3. The summed E-state index contributed by atoms with van der Waals surface area (Å²) in [7, 11) is 2.11. The number of nitriles is 1. The normalized spacial score (nSPS) is 19.9. The van der Waals surface area contributed by atoms with Crippen molar-refractivity contribution in [1.82, 2.24) is 9.97 Å². The first-order chi connectivity index (χ1) is 13.8. The number of likely N-dealkylation sites (N-methyl/N-ethyl adjacent to an activating group) is 1. The van der Waals surface area contributed by atoms with Crippen LogP contribution >= 0.6 is 0 Å². The zero-order chi connectivity index (χ0) is 19.3. The largest absolute Gasteiger partial charge is 0.378 e. The second-order valence-electron chi connectivity index (χ2n) is 7.30. The molecule has 4 rings (SSSR count).